The normalized spacial score (nSPS) is 16.4. The van der Waals surface area contributed by atoms with E-state index in [1.54, 1.807) is 58.9 Å². The van der Waals surface area contributed by atoms with E-state index < -0.39 is 41.7 Å². The number of ether oxygens (including phenoxy) is 2. The Balaban J connectivity index is 2.23. The summed E-state index contributed by atoms with van der Waals surface area (Å²) in [5, 5.41) is 5.13. The SMILES string of the molecule is C[B]c1ccc(C(=O)CNC(=O)[C@@H]2CN(C(=O)OC(C)(C)C)CCN2C(=O)[C@@H](NC(=O)OC)C(C)C)cc1. The maximum atomic E-state index is 13.5. The molecule has 12 heteroatoms. The molecule has 1 aromatic rings. The fraction of sp³-hybridized carbons (Fsp3) is 0.577. The fourth-order valence-electron chi connectivity index (χ4n) is 3.89. The predicted molar refractivity (Wildman–Crippen MR) is 143 cm³/mol. The second-order valence-corrected chi connectivity index (χ2v) is 10.4. The van der Waals surface area contributed by atoms with E-state index in [2.05, 4.69) is 15.4 Å². The van der Waals surface area contributed by atoms with Crippen LogP contribution in [0.15, 0.2) is 24.3 Å². The van der Waals surface area contributed by atoms with Gasteiger partial charge < -0.3 is 29.9 Å². The number of amides is 4. The van der Waals surface area contributed by atoms with E-state index in [4.69, 9.17) is 4.74 Å². The first-order valence-electron chi connectivity index (χ1n) is 12.6. The lowest BCUT2D eigenvalue weighted by Crippen LogP contribution is -2.65. The number of carbonyl (C=O) groups is 5. The maximum absolute atomic E-state index is 13.5. The first kappa shape index (κ1) is 30.7. The van der Waals surface area contributed by atoms with Crippen molar-refractivity contribution in [2.45, 2.75) is 59.1 Å². The molecule has 4 amide bonds. The molecular weight excluding hydrogens is 491 g/mol. The summed E-state index contributed by atoms with van der Waals surface area (Å²) < 4.78 is 10.1. The Bertz CT molecular complexity index is 1020. The average molecular weight is 529 g/mol. The van der Waals surface area contributed by atoms with Crippen LogP contribution in [0.1, 0.15) is 45.0 Å². The molecule has 2 atom stereocenters. The highest BCUT2D eigenvalue weighted by Gasteiger charge is 2.41. The summed E-state index contributed by atoms with van der Waals surface area (Å²) in [4.78, 5) is 66.8. The second-order valence-electron chi connectivity index (χ2n) is 10.4. The van der Waals surface area contributed by atoms with Crippen molar-refractivity contribution in [2.75, 3.05) is 33.3 Å². The predicted octanol–water partition coefficient (Wildman–Crippen LogP) is 1.19. The molecule has 11 nitrogen and oxygen atoms in total. The van der Waals surface area contributed by atoms with Gasteiger partial charge in [-0.15, -0.1) is 0 Å². The number of methoxy groups -OCH3 is 1. The summed E-state index contributed by atoms with van der Waals surface area (Å²) in [7, 11) is 3.10. The highest BCUT2D eigenvalue weighted by atomic mass is 16.6. The standard InChI is InChI=1S/C26H38BN4O7/c1-16(2)21(29-24(35)37-7)23(34)31-13-12-30(25(36)38-26(3,4)5)15-19(31)22(33)28-14-20(32)17-8-10-18(27-6)11-9-17/h8-11,16,19,21H,12-15H2,1-7H3,(H,28,33)(H,29,35)/t19-,21-/m0/s1. The van der Waals surface area contributed by atoms with Crippen molar-refractivity contribution in [1.82, 2.24) is 20.4 Å². The number of Topliss-reactive ketones (excluding diaryl/α,β-unsaturated/α-hetero) is 1. The number of ketones is 1. The average Bonchev–Trinajstić information content (AvgIpc) is 2.88. The highest BCUT2D eigenvalue weighted by molar-refractivity contribution is 6.51. The molecule has 38 heavy (non-hydrogen) atoms. The van der Waals surface area contributed by atoms with Crippen molar-refractivity contribution in [3.05, 3.63) is 29.8 Å². The summed E-state index contributed by atoms with van der Waals surface area (Å²) in [5.41, 5.74) is 0.654. The first-order valence-corrected chi connectivity index (χ1v) is 12.6. The van der Waals surface area contributed by atoms with Gasteiger partial charge in [0.2, 0.25) is 11.8 Å². The molecule has 2 N–H and O–H groups in total. The zero-order chi connectivity index (χ0) is 28.6. The van der Waals surface area contributed by atoms with Crippen LogP contribution in [-0.4, -0.2) is 97.8 Å². The minimum atomic E-state index is -1.10. The Labute approximate surface area is 224 Å². The number of benzene rings is 1. The minimum Gasteiger partial charge on any atom is -0.453 e. The van der Waals surface area contributed by atoms with Crippen molar-refractivity contribution in [3.8, 4) is 0 Å². The third-order valence-corrected chi connectivity index (χ3v) is 6.00. The number of alkyl carbamates (subject to hydrolysis) is 1. The fourth-order valence-corrected chi connectivity index (χ4v) is 3.89. The van der Waals surface area contributed by atoms with Gasteiger partial charge in [0, 0.05) is 18.7 Å². The summed E-state index contributed by atoms with van der Waals surface area (Å²) in [5.74, 6) is -1.70. The first-order chi connectivity index (χ1) is 17.8. The molecule has 0 spiro atoms. The summed E-state index contributed by atoms with van der Waals surface area (Å²) in [6, 6.07) is 4.90. The Morgan fingerprint density at radius 1 is 1.08 bits per heavy atom. The van der Waals surface area contributed by atoms with Crippen LogP contribution in [0.2, 0.25) is 6.82 Å². The summed E-state index contributed by atoms with van der Waals surface area (Å²) >= 11 is 0. The van der Waals surface area contributed by atoms with Gasteiger partial charge in [-0.25, -0.2) is 9.59 Å². The smallest absolute Gasteiger partial charge is 0.410 e. The molecule has 1 aliphatic rings. The van der Waals surface area contributed by atoms with Crippen LogP contribution in [-0.2, 0) is 19.1 Å². The van der Waals surface area contributed by atoms with Gasteiger partial charge in [0.15, 0.2) is 5.78 Å². The molecule has 0 unspecified atom stereocenters. The molecule has 1 aliphatic heterocycles. The zero-order valence-electron chi connectivity index (χ0n) is 23.2. The molecule has 1 heterocycles. The van der Waals surface area contributed by atoms with E-state index >= 15 is 0 Å². The molecule has 1 radical (unpaired) electrons. The van der Waals surface area contributed by atoms with Gasteiger partial charge >= 0.3 is 12.2 Å². The van der Waals surface area contributed by atoms with E-state index in [0.717, 1.165) is 5.46 Å². The molecule has 2 rings (SSSR count). The molecule has 0 aliphatic carbocycles. The Kier molecular flexibility index (Phi) is 10.7. The topological polar surface area (TPSA) is 134 Å². The second kappa shape index (κ2) is 13.3. The molecule has 1 fully saturated rings. The van der Waals surface area contributed by atoms with E-state index in [1.807, 2.05) is 14.1 Å². The molecule has 0 bridgehead atoms. The van der Waals surface area contributed by atoms with Gasteiger partial charge in [0.05, 0.1) is 20.2 Å². The Morgan fingerprint density at radius 3 is 2.24 bits per heavy atom. The van der Waals surface area contributed by atoms with Crippen LogP contribution < -0.4 is 16.1 Å². The van der Waals surface area contributed by atoms with Crippen molar-refractivity contribution in [3.63, 3.8) is 0 Å². The molecule has 0 aromatic heterocycles. The lowest BCUT2D eigenvalue weighted by Gasteiger charge is -2.42. The largest absolute Gasteiger partial charge is 0.453 e. The number of hydrogen-bond donors (Lipinski definition) is 2. The van der Waals surface area contributed by atoms with Gasteiger partial charge in [0.1, 0.15) is 25.0 Å². The van der Waals surface area contributed by atoms with Crippen molar-refractivity contribution in [2.24, 2.45) is 5.92 Å². The van der Waals surface area contributed by atoms with Crippen LogP contribution in [0.4, 0.5) is 9.59 Å². The van der Waals surface area contributed by atoms with E-state index in [1.165, 1.54) is 16.9 Å². The van der Waals surface area contributed by atoms with Gasteiger partial charge in [-0.1, -0.05) is 50.4 Å². The minimum absolute atomic E-state index is 0.0329. The quantitative estimate of drug-likeness (QED) is 0.382. The van der Waals surface area contributed by atoms with Crippen molar-refractivity contribution >= 4 is 42.5 Å². The van der Waals surface area contributed by atoms with E-state index in [0.29, 0.717) is 5.56 Å². The number of nitrogens with one attached hydrogen (secondary N) is 2. The summed E-state index contributed by atoms with van der Waals surface area (Å²) in [6.07, 6.45) is -1.39. The molecule has 1 saturated heterocycles. The highest BCUT2D eigenvalue weighted by Crippen LogP contribution is 2.18. The molecule has 0 saturated carbocycles. The van der Waals surface area contributed by atoms with Crippen molar-refractivity contribution < 1.29 is 33.4 Å². The van der Waals surface area contributed by atoms with Gasteiger partial charge in [-0.3, -0.25) is 14.4 Å². The molecule has 207 valence electrons. The van der Waals surface area contributed by atoms with Crippen LogP contribution in [0.5, 0.6) is 0 Å². The number of hydrogen-bond acceptors (Lipinski definition) is 7. The van der Waals surface area contributed by atoms with Crippen LogP contribution in [0.3, 0.4) is 0 Å². The molecule has 1 aromatic carbocycles. The van der Waals surface area contributed by atoms with E-state index in [9.17, 15) is 24.0 Å². The summed E-state index contributed by atoms with van der Waals surface area (Å²) in [6.45, 7) is 10.3. The van der Waals surface area contributed by atoms with Gasteiger partial charge in [0.25, 0.3) is 0 Å². The Hall–Kier alpha value is -3.57. The monoisotopic (exact) mass is 529 g/mol. The van der Waals surface area contributed by atoms with Crippen LogP contribution in [0, 0.1) is 5.92 Å². The lowest BCUT2D eigenvalue weighted by atomic mass is 9.73. The van der Waals surface area contributed by atoms with Crippen molar-refractivity contribution in [1.29, 1.82) is 0 Å². The van der Waals surface area contributed by atoms with Crippen LogP contribution in [0.25, 0.3) is 0 Å². The van der Waals surface area contributed by atoms with Crippen LogP contribution >= 0.6 is 0 Å². The number of nitrogens with zero attached hydrogens (tertiary/aromatic N) is 2. The number of carbonyl (C=O) groups excluding carboxylic acids is 5. The molecular formula is C26H38BN4O7. The van der Waals surface area contributed by atoms with E-state index in [-0.39, 0.29) is 37.9 Å². The zero-order valence-corrected chi connectivity index (χ0v) is 23.2. The third-order valence-electron chi connectivity index (χ3n) is 6.00. The lowest BCUT2D eigenvalue weighted by molar-refractivity contribution is -0.146. The number of piperazine rings is 1. The number of rotatable bonds is 8. The van der Waals surface area contributed by atoms with Gasteiger partial charge in [-0.05, 0) is 26.7 Å². The maximum Gasteiger partial charge on any atom is 0.410 e. The van der Waals surface area contributed by atoms with Gasteiger partial charge in [-0.2, -0.15) is 0 Å². The Morgan fingerprint density at radius 2 is 1.71 bits per heavy atom. The third kappa shape index (κ3) is 8.49.